The van der Waals surface area contributed by atoms with Gasteiger partial charge in [-0.15, -0.1) is 0 Å². The van der Waals surface area contributed by atoms with Gasteiger partial charge in [0.05, 0.1) is 24.7 Å². The highest BCUT2D eigenvalue weighted by atomic mass is 32.2. The third-order valence-corrected chi connectivity index (χ3v) is 7.52. The quantitative estimate of drug-likeness (QED) is 0.328. The van der Waals surface area contributed by atoms with Crippen molar-refractivity contribution in [3.63, 3.8) is 0 Å². The fourth-order valence-corrected chi connectivity index (χ4v) is 5.11. The van der Waals surface area contributed by atoms with Gasteiger partial charge in [0.25, 0.3) is 0 Å². The van der Waals surface area contributed by atoms with Crippen LogP contribution in [0.15, 0.2) is 53.4 Å². The van der Waals surface area contributed by atoms with Crippen LogP contribution >= 0.6 is 0 Å². The van der Waals surface area contributed by atoms with E-state index in [1.165, 1.54) is 14.2 Å². The fourth-order valence-electron chi connectivity index (χ4n) is 4.08. The normalized spacial score (nSPS) is 13.0. The smallest absolute Gasteiger partial charge is 0.416 e. The van der Waals surface area contributed by atoms with E-state index in [1.807, 2.05) is 0 Å². The molecular weight excluding hydrogens is 555 g/mol. The van der Waals surface area contributed by atoms with Crippen LogP contribution in [-0.2, 0) is 22.6 Å². The Labute approximate surface area is 227 Å². The van der Waals surface area contributed by atoms with Crippen molar-refractivity contribution < 1.29 is 50.4 Å². The molecule has 9 nitrogen and oxygen atoms in total. The van der Waals surface area contributed by atoms with Crippen molar-refractivity contribution in [2.45, 2.75) is 17.5 Å². The van der Waals surface area contributed by atoms with E-state index in [2.05, 4.69) is 4.72 Å². The molecule has 0 saturated carbocycles. The number of hydrogen-bond acceptors (Lipinski definition) is 7. The lowest BCUT2D eigenvalue weighted by molar-refractivity contribution is -0.137. The van der Waals surface area contributed by atoms with Gasteiger partial charge in [-0.1, -0.05) is 18.2 Å². The number of methoxy groups -OCH3 is 2. The number of rotatable bonds is 10. The van der Waals surface area contributed by atoms with Crippen molar-refractivity contribution in [2.24, 2.45) is 0 Å². The van der Waals surface area contributed by atoms with Crippen molar-refractivity contribution in [2.75, 3.05) is 27.6 Å². The molecule has 0 unspecified atom stereocenters. The summed E-state index contributed by atoms with van der Waals surface area (Å²) in [6.45, 7) is -0.0814. The maximum absolute atomic E-state index is 12.8. The Morgan fingerprint density at radius 2 is 1.65 bits per heavy atom. The minimum absolute atomic E-state index is 0.00132. The Balaban J connectivity index is 1.58. The number of sulfonamides is 1. The van der Waals surface area contributed by atoms with Crippen molar-refractivity contribution in [3.8, 4) is 23.0 Å². The first-order chi connectivity index (χ1) is 18.9. The molecule has 0 bridgehead atoms. The number of nitrogens with one attached hydrogen (secondary N) is 1. The molecule has 212 valence electrons. The summed E-state index contributed by atoms with van der Waals surface area (Å²) in [5.74, 6) is -0.00421. The molecule has 0 aliphatic carbocycles. The minimum atomic E-state index is -4.58. The zero-order valence-electron chi connectivity index (χ0n) is 21.2. The van der Waals surface area contributed by atoms with Gasteiger partial charge in [-0.25, -0.2) is 17.9 Å². The number of benzene rings is 3. The second-order valence-electron chi connectivity index (χ2n) is 8.48. The Hall–Kier alpha value is -4.23. The van der Waals surface area contributed by atoms with Crippen molar-refractivity contribution in [1.29, 1.82) is 0 Å². The average Bonchev–Trinajstić information content (AvgIpc) is 3.37. The molecular formula is C27H24F3NO8S. The van der Waals surface area contributed by atoms with Crippen LogP contribution in [0.4, 0.5) is 13.2 Å². The molecule has 0 fully saturated rings. The van der Waals surface area contributed by atoms with Gasteiger partial charge in [0.15, 0.2) is 23.0 Å². The second kappa shape index (κ2) is 11.5. The molecule has 0 atom stereocenters. The zero-order valence-corrected chi connectivity index (χ0v) is 22.1. The van der Waals surface area contributed by atoms with Crippen LogP contribution in [0.3, 0.4) is 0 Å². The lowest BCUT2D eigenvalue weighted by Gasteiger charge is -2.13. The molecule has 0 spiro atoms. The highest BCUT2D eigenvalue weighted by Gasteiger charge is 2.30. The third-order valence-electron chi connectivity index (χ3n) is 6.05. The van der Waals surface area contributed by atoms with Crippen LogP contribution in [-0.4, -0.2) is 47.1 Å². The predicted molar refractivity (Wildman–Crippen MR) is 138 cm³/mol. The van der Waals surface area contributed by atoms with E-state index >= 15 is 0 Å². The lowest BCUT2D eigenvalue weighted by atomic mass is 10.00. The molecule has 4 rings (SSSR count). The lowest BCUT2D eigenvalue weighted by Crippen LogP contribution is -2.26. The molecule has 13 heteroatoms. The predicted octanol–water partition coefficient (Wildman–Crippen LogP) is 4.84. The third kappa shape index (κ3) is 6.15. The number of fused-ring (bicyclic) bond motifs is 1. The van der Waals surface area contributed by atoms with E-state index in [4.69, 9.17) is 18.9 Å². The number of ether oxygens (including phenoxy) is 4. The largest absolute Gasteiger partial charge is 0.493 e. The zero-order chi connectivity index (χ0) is 29.1. The van der Waals surface area contributed by atoms with Gasteiger partial charge in [0.1, 0.15) is 5.56 Å². The number of carboxylic acids is 1. The Morgan fingerprint density at radius 1 is 1.00 bits per heavy atom. The summed E-state index contributed by atoms with van der Waals surface area (Å²) in [6, 6.07) is 9.68. The molecule has 1 aliphatic heterocycles. The van der Waals surface area contributed by atoms with E-state index in [1.54, 1.807) is 36.4 Å². The molecule has 2 N–H and O–H groups in total. The van der Waals surface area contributed by atoms with Crippen LogP contribution < -0.4 is 23.7 Å². The highest BCUT2D eigenvalue weighted by Crippen LogP contribution is 2.37. The van der Waals surface area contributed by atoms with Gasteiger partial charge in [0.2, 0.25) is 16.8 Å². The number of halogens is 3. The molecule has 1 heterocycles. The molecule has 0 radical (unpaired) electrons. The van der Waals surface area contributed by atoms with Gasteiger partial charge in [-0.2, -0.15) is 13.2 Å². The standard InChI is InChI=1S/C27H24F3NO8S/c1-36-21-10-5-16(24(26(32)33)25(21)37-2)3-4-17-13-22-23(39-15-38-22)14-18(17)11-12-31-40(34,35)20-8-6-19(7-9-20)27(28,29)30/h3-10,13-14,31H,11-12,15H2,1-2H3,(H,32,33)/b4-3+. The van der Waals surface area contributed by atoms with E-state index < -0.39 is 27.7 Å². The summed E-state index contributed by atoms with van der Waals surface area (Å²) < 4.78 is 87.5. The van der Waals surface area contributed by atoms with E-state index in [9.17, 15) is 31.5 Å². The Bertz CT molecular complexity index is 1550. The number of hydrogen-bond donors (Lipinski definition) is 2. The van der Waals surface area contributed by atoms with E-state index in [0.717, 1.165) is 12.1 Å². The highest BCUT2D eigenvalue weighted by molar-refractivity contribution is 7.89. The van der Waals surface area contributed by atoms with Gasteiger partial charge in [-0.05, 0) is 65.6 Å². The summed E-state index contributed by atoms with van der Waals surface area (Å²) >= 11 is 0. The van der Waals surface area contributed by atoms with Crippen LogP contribution in [0.25, 0.3) is 12.2 Å². The number of aromatic carboxylic acids is 1. The van der Waals surface area contributed by atoms with Crippen LogP contribution in [0, 0.1) is 0 Å². The van der Waals surface area contributed by atoms with Gasteiger partial charge in [-0.3, -0.25) is 0 Å². The molecule has 0 aromatic heterocycles. The van der Waals surface area contributed by atoms with Crippen molar-refractivity contribution in [1.82, 2.24) is 4.72 Å². The monoisotopic (exact) mass is 579 g/mol. The van der Waals surface area contributed by atoms with Gasteiger partial charge in [0, 0.05) is 6.54 Å². The van der Waals surface area contributed by atoms with E-state index in [0.29, 0.717) is 40.3 Å². The summed E-state index contributed by atoms with van der Waals surface area (Å²) in [4.78, 5) is 11.7. The fraction of sp³-hybridized carbons (Fsp3) is 0.222. The first-order valence-electron chi connectivity index (χ1n) is 11.7. The molecule has 1 aliphatic rings. The number of carboxylic acid groups (broad SMARTS) is 1. The summed E-state index contributed by atoms with van der Waals surface area (Å²) in [5.41, 5.74) is 0.516. The summed E-state index contributed by atoms with van der Waals surface area (Å²) in [6.07, 6.45) is -1.19. The van der Waals surface area contributed by atoms with Crippen LogP contribution in [0.5, 0.6) is 23.0 Å². The van der Waals surface area contributed by atoms with Gasteiger partial charge < -0.3 is 24.1 Å². The molecule has 40 heavy (non-hydrogen) atoms. The first-order valence-corrected chi connectivity index (χ1v) is 13.2. The van der Waals surface area contributed by atoms with Crippen molar-refractivity contribution >= 4 is 28.1 Å². The molecule has 0 saturated heterocycles. The molecule has 0 amide bonds. The second-order valence-corrected chi connectivity index (χ2v) is 10.2. The van der Waals surface area contributed by atoms with E-state index in [-0.39, 0.29) is 41.7 Å². The SMILES string of the molecule is COc1ccc(/C=C/c2cc3c(cc2CCNS(=O)(=O)c2ccc(C(F)(F)F)cc2)OCO3)c(C(=O)O)c1OC. The molecule has 3 aromatic carbocycles. The Kier molecular flexibility index (Phi) is 8.26. The minimum Gasteiger partial charge on any atom is -0.493 e. The summed E-state index contributed by atoms with van der Waals surface area (Å²) in [5, 5.41) is 9.79. The molecule has 3 aromatic rings. The average molecular weight is 580 g/mol. The number of carbonyl (C=O) groups is 1. The van der Waals surface area contributed by atoms with Crippen LogP contribution in [0.1, 0.15) is 32.6 Å². The van der Waals surface area contributed by atoms with Gasteiger partial charge >= 0.3 is 12.1 Å². The van der Waals surface area contributed by atoms with Crippen LogP contribution in [0.2, 0.25) is 0 Å². The topological polar surface area (TPSA) is 120 Å². The number of alkyl halides is 3. The maximum Gasteiger partial charge on any atom is 0.416 e. The maximum atomic E-state index is 12.8. The Morgan fingerprint density at radius 3 is 2.25 bits per heavy atom. The first kappa shape index (κ1) is 28.8. The van der Waals surface area contributed by atoms with Crippen molar-refractivity contribution in [3.05, 3.63) is 76.3 Å². The summed E-state index contributed by atoms with van der Waals surface area (Å²) in [7, 11) is -1.36.